The third kappa shape index (κ3) is 5.58. The highest BCUT2D eigenvalue weighted by Gasteiger charge is 2.20. The van der Waals surface area contributed by atoms with Crippen LogP contribution in [-0.4, -0.2) is 18.2 Å². The lowest BCUT2D eigenvalue weighted by molar-refractivity contribution is 0.0954. The van der Waals surface area contributed by atoms with Gasteiger partial charge in [-0.3, -0.25) is 4.79 Å². The van der Waals surface area contributed by atoms with Crippen molar-refractivity contribution in [3.63, 3.8) is 0 Å². The largest absolute Gasteiger partial charge is 0.352 e. The molecule has 1 heterocycles. The lowest BCUT2D eigenvalue weighted by Crippen LogP contribution is -2.24. The topological polar surface area (TPSA) is 41.5 Å². The minimum Gasteiger partial charge on any atom is -0.352 e. The second kappa shape index (κ2) is 11.2. The van der Waals surface area contributed by atoms with Crippen LogP contribution in [0.15, 0.2) is 118 Å². The molecule has 34 heavy (non-hydrogen) atoms. The summed E-state index contributed by atoms with van der Waals surface area (Å²) >= 11 is 7.78. The third-order valence-electron chi connectivity index (χ3n) is 5.35. The molecule has 0 aliphatic carbocycles. The van der Waals surface area contributed by atoms with Crippen molar-refractivity contribution in [2.75, 3.05) is 6.54 Å². The Morgan fingerprint density at radius 2 is 1.88 bits per heavy atom. The van der Waals surface area contributed by atoms with E-state index in [1.54, 1.807) is 17.8 Å². The molecule has 0 radical (unpaired) electrons. The fourth-order valence-corrected chi connectivity index (χ4v) is 4.85. The third-order valence-corrected chi connectivity index (χ3v) is 6.74. The molecule has 3 aromatic carbocycles. The van der Waals surface area contributed by atoms with Crippen LogP contribution in [0.5, 0.6) is 0 Å². The zero-order valence-electron chi connectivity index (χ0n) is 18.9. The van der Waals surface area contributed by atoms with E-state index in [0.29, 0.717) is 17.1 Å². The monoisotopic (exact) mass is 484 g/mol. The van der Waals surface area contributed by atoms with Crippen LogP contribution in [0, 0.1) is 0 Å². The van der Waals surface area contributed by atoms with Gasteiger partial charge in [0.15, 0.2) is 0 Å². The van der Waals surface area contributed by atoms with Gasteiger partial charge in [0.2, 0.25) is 0 Å². The summed E-state index contributed by atoms with van der Waals surface area (Å²) < 4.78 is 0. The van der Waals surface area contributed by atoms with Gasteiger partial charge in [0.25, 0.3) is 5.91 Å². The predicted molar refractivity (Wildman–Crippen MR) is 144 cm³/mol. The average molecular weight is 485 g/mol. The van der Waals surface area contributed by atoms with Crippen molar-refractivity contribution in [2.45, 2.75) is 23.1 Å². The van der Waals surface area contributed by atoms with E-state index < -0.39 is 0 Å². The van der Waals surface area contributed by atoms with Gasteiger partial charge in [0, 0.05) is 38.0 Å². The Morgan fingerprint density at radius 3 is 2.65 bits per heavy atom. The molecule has 1 amide bonds. The molecule has 1 aliphatic heterocycles. The maximum absolute atomic E-state index is 12.9. The molecule has 170 valence electrons. The number of benzene rings is 3. The smallest absolute Gasteiger partial charge is 0.251 e. The van der Waals surface area contributed by atoms with Gasteiger partial charge in [-0.1, -0.05) is 84.6 Å². The van der Waals surface area contributed by atoms with Gasteiger partial charge in [0.05, 0.1) is 11.4 Å². The Morgan fingerprint density at radius 1 is 1.09 bits per heavy atom. The molecule has 0 saturated carbocycles. The summed E-state index contributed by atoms with van der Waals surface area (Å²) in [5.74, 6) is -0.115. The first-order valence-electron chi connectivity index (χ1n) is 11.1. The van der Waals surface area contributed by atoms with Crippen molar-refractivity contribution in [1.29, 1.82) is 0 Å². The van der Waals surface area contributed by atoms with Crippen LogP contribution in [0.4, 0.5) is 5.69 Å². The molecule has 3 nitrogen and oxygen atoms in total. The van der Waals surface area contributed by atoms with Gasteiger partial charge >= 0.3 is 0 Å². The molecular formula is C29H25ClN2OS. The minimum atomic E-state index is -0.115. The Bertz CT molecular complexity index is 1310. The average Bonchev–Trinajstić information content (AvgIpc) is 3.01. The van der Waals surface area contributed by atoms with Crippen LogP contribution in [0.1, 0.15) is 34.8 Å². The Labute approximate surface area is 210 Å². The summed E-state index contributed by atoms with van der Waals surface area (Å²) in [7, 11) is 0. The van der Waals surface area contributed by atoms with Crippen LogP contribution < -0.4 is 5.32 Å². The number of hydrogen-bond donors (Lipinski definition) is 1. The van der Waals surface area contributed by atoms with Gasteiger partial charge in [0.1, 0.15) is 0 Å². The highest BCUT2D eigenvalue weighted by atomic mass is 35.5. The van der Waals surface area contributed by atoms with E-state index >= 15 is 0 Å². The van der Waals surface area contributed by atoms with E-state index in [9.17, 15) is 4.79 Å². The van der Waals surface area contributed by atoms with Gasteiger partial charge < -0.3 is 5.32 Å². The summed E-state index contributed by atoms with van der Waals surface area (Å²) in [5, 5.41) is 3.70. The number of hydrogen-bond acceptors (Lipinski definition) is 3. The molecule has 1 N–H and O–H groups in total. The number of nitrogens with zero attached hydrogens (tertiary/aromatic N) is 1. The van der Waals surface area contributed by atoms with Gasteiger partial charge in [-0.05, 0) is 55.3 Å². The number of amides is 1. The molecule has 0 spiro atoms. The summed E-state index contributed by atoms with van der Waals surface area (Å²) in [6.07, 6.45) is 8.46. The fourth-order valence-electron chi connectivity index (χ4n) is 3.72. The van der Waals surface area contributed by atoms with Gasteiger partial charge in [-0.2, -0.15) is 0 Å². The maximum Gasteiger partial charge on any atom is 0.251 e. The first-order valence-corrected chi connectivity index (χ1v) is 12.3. The molecule has 3 aromatic rings. The molecule has 4 rings (SSSR count). The van der Waals surface area contributed by atoms with E-state index in [-0.39, 0.29) is 5.91 Å². The first kappa shape index (κ1) is 23.8. The second-order valence-electron chi connectivity index (χ2n) is 7.73. The van der Waals surface area contributed by atoms with Gasteiger partial charge in [-0.15, -0.1) is 0 Å². The summed E-state index contributed by atoms with van der Waals surface area (Å²) in [6.45, 7) is 6.26. The van der Waals surface area contributed by atoms with E-state index in [0.717, 1.165) is 44.3 Å². The van der Waals surface area contributed by atoms with Crippen molar-refractivity contribution >= 4 is 40.7 Å². The molecular weight excluding hydrogens is 460 g/mol. The molecule has 0 atom stereocenters. The number of carbonyl (C=O) groups is 1. The Balaban J connectivity index is 1.63. The standard InChI is InChI=1S/C29H25ClN2OS/c1-3-7-20(8-4-2)17-18-31-29(33)22-13-16-27-25(19-22)32-28(21-11-14-23(30)15-12-21)24-9-5-6-10-26(24)34-27/h3-16,19H,1,17-18H2,2H3,(H,31,33)/b8-4-,20-7+. The minimum absolute atomic E-state index is 0.115. The molecule has 1 aliphatic rings. The molecule has 5 heteroatoms. The van der Waals surface area contributed by atoms with E-state index in [1.807, 2.05) is 79.7 Å². The van der Waals surface area contributed by atoms with Crippen LogP contribution in [-0.2, 0) is 0 Å². The number of aliphatic imine (C=N–C) groups is 1. The summed E-state index contributed by atoms with van der Waals surface area (Å²) in [6, 6.07) is 21.6. The van der Waals surface area contributed by atoms with Crippen molar-refractivity contribution in [3.8, 4) is 0 Å². The summed E-state index contributed by atoms with van der Waals surface area (Å²) in [5.41, 5.74) is 5.38. The van der Waals surface area contributed by atoms with Crippen molar-refractivity contribution in [2.24, 2.45) is 4.99 Å². The lowest BCUT2D eigenvalue weighted by atomic mass is 10.0. The summed E-state index contributed by atoms with van der Waals surface area (Å²) in [4.78, 5) is 20.0. The predicted octanol–water partition coefficient (Wildman–Crippen LogP) is 7.78. The second-order valence-corrected chi connectivity index (χ2v) is 9.25. The van der Waals surface area contributed by atoms with Crippen molar-refractivity contribution < 1.29 is 4.79 Å². The number of fused-ring (bicyclic) bond motifs is 2. The number of carbonyl (C=O) groups excluding carboxylic acids is 1. The molecule has 0 fully saturated rings. The lowest BCUT2D eigenvalue weighted by Gasteiger charge is -2.09. The van der Waals surface area contributed by atoms with Crippen molar-refractivity contribution in [3.05, 3.63) is 125 Å². The Kier molecular flexibility index (Phi) is 7.84. The van der Waals surface area contributed by atoms with E-state index in [2.05, 4.69) is 24.0 Å². The van der Waals surface area contributed by atoms with E-state index in [1.165, 1.54) is 0 Å². The zero-order chi connectivity index (χ0) is 23.9. The fraction of sp³-hybridized carbons (Fsp3) is 0.103. The zero-order valence-corrected chi connectivity index (χ0v) is 20.5. The number of allylic oxidation sites excluding steroid dienone is 4. The molecule has 0 aromatic heterocycles. The van der Waals surface area contributed by atoms with Crippen LogP contribution >= 0.6 is 23.4 Å². The normalized spacial score (nSPS) is 13.0. The number of rotatable bonds is 7. The quantitative estimate of drug-likeness (QED) is 0.272. The van der Waals surface area contributed by atoms with Crippen LogP contribution in [0.2, 0.25) is 5.02 Å². The SMILES string of the molecule is C=C/C=C(\C=C/C)CCNC(=O)c1ccc2c(c1)N=C(c1ccc(Cl)cc1)c1ccccc1S2. The molecule has 0 bridgehead atoms. The van der Waals surface area contributed by atoms with Gasteiger partial charge in [-0.25, -0.2) is 4.99 Å². The van der Waals surface area contributed by atoms with Crippen LogP contribution in [0.25, 0.3) is 0 Å². The first-order chi connectivity index (χ1) is 16.6. The number of halogens is 1. The maximum atomic E-state index is 12.9. The Hall–Kier alpha value is -3.34. The highest BCUT2D eigenvalue weighted by Crippen LogP contribution is 2.41. The van der Waals surface area contributed by atoms with Crippen molar-refractivity contribution in [1.82, 2.24) is 5.32 Å². The van der Waals surface area contributed by atoms with Crippen LogP contribution in [0.3, 0.4) is 0 Å². The molecule has 0 saturated heterocycles. The molecule has 0 unspecified atom stereocenters. The van der Waals surface area contributed by atoms with E-state index in [4.69, 9.17) is 16.6 Å². The number of nitrogens with one attached hydrogen (secondary N) is 1. The highest BCUT2D eigenvalue weighted by molar-refractivity contribution is 7.99.